The maximum absolute atomic E-state index is 13.2. The zero-order valence-corrected chi connectivity index (χ0v) is 16.2. The van der Waals surface area contributed by atoms with E-state index in [1.165, 1.54) is 12.1 Å². The number of fused-ring (bicyclic) bond motifs is 1. The number of nitrogens with one attached hydrogen (secondary N) is 2. The summed E-state index contributed by atoms with van der Waals surface area (Å²) in [5.41, 5.74) is 2.88. The molecule has 0 aliphatic heterocycles. The number of carbonyl (C=O) groups excluding carboxylic acids is 1. The molecular formula is C22H16ClFN4O. The highest BCUT2D eigenvalue weighted by atomic mass is 35.5. The maximum atomic E-state index is 13.2. The van der Waals surface area contributed by atoms with Crippen LogP contribution in [0.1, 0.15) is 16.2 Å². The predicted molar refractivity (Wildman–Crippen MR) is 113 cm³/mol. The van der Waals surface area contributed by atoms with Gasteiger partial charge in [0.25, 0.3) is 5.91 Å². The highest BCUT2D eigenvalue weighted by Crippen LogP contribution is 2.26. The molecule has 0 aliphatic carbocycles. The lowest BCUT2D eigenvalue weighted by molar-refractivity contribution is 0.101. The molecule has 2 N–H and O–H groups in total. The van der Waals surface area contributed by atoms with Crippen molar-refractivity contribution in [1.82, 2.24) is 9.97 Å². The largest absolute Gasteiger partial charge is 0.340 e. The lowest BCUT2D eigenvalue weighted by atomic mass is 10.2. The number of hydrogen-bond acceptors (Lipinski definition) is 4. The number of aryl methyl sites for hydroxylation is 1. The van der Waals surface area contributed by atoms with Crippen LogP contribution in [-0.4, -0.2) is 15.9 Å². The second-order valence-electron chi connectivity index (χ2n) is 6.48. The first-order valence-electron chi connectivity index (χ1n) is 8.86. The molecule has 0 spiro atoms. The van der Waals surface area contributed by atoms with E-state index in [1.54, 1.807) is 6.07 Å². The molecule has 1 amide bonds. The van der Waals surface area contributed by atoms with Gasteiger partial charge in [-0.3, -0.25) is 4.79 Å². The first-order valence-corrected chi connectivity index (χ1v) is 9.24. The number of amides is 1. The van der Waals surface area contributed by atoms with Crippen LogP contribution in [0.4, 0.5) is 21.6 Å². The molecule has 0 saturated heterocycles. The zero-order valence-electron chi connectivity index (χ0n) is 15.4. The van der Waals surface area contributed by atoms with E-state index >= 15 is 0 Å². The van der Waals surface area contributed by atoms with Crippen molar-refractivity contribution in [2.24, 2.45) is 0 Å². The lowest BCUT2D eigenvalue weighted by Crippen LogP contribution is -2.17. The number of aromatic nitrogens is 2. The quantitative estimate of drug-likeness (QED) is 0.454. The Morgan fingerprint density at radius 2 is 1.76 bits per heavy atom. The van der Waals surface area contributed by atoms with Gasteiger partial charge in [-0.05, 0) is 49.4 Å². The van der Waals surface area contributed by atoms with Crippen LogP contribution in [0.5, 0.6) is 0 Å². The molecule has 3 aromatic carbocycles. The molecule has 1 aromatic heterocycles. The molecule has 1 heterocycles. The van der Waals surface area contributed by atoms with Crippen LogP contribution in [0, 0.1) is 12.7 Å². The van der Waals surface area contributed by atoms with Crippen LogP contribution in [0.15, 0.2) is 66.7 Å². The zero-order chi connectivity index (χ0) is 20.4. The maximum Gasteiger partial charge on any atom is 0.293 e. The van der Waals surface area contributed by atoms with E-state index in [9.17, 15) is 9.18 Å². The summed E-state index contributed by atoms with van der Waals surface area (Å²) in [5.74, 6) is -0.552. The van der Waals surface area contributed by atoms with E-state index in [1.807, 2.05) is 49.4 Å². The average molecular weight is 407 g/mol. The molecule has 5 nitrogen and oxygen atoms in total. The van der Waals surface area contributed by atoms with Crippen LogP contribution in [0.3, 0.4) is 0 Å². The Balaban J connectivity index is 1.70. The number of para-hydroxylation sites is 1. The number of rotatable bonds is 4. The minimum atomic E-state index is -0.545. The monoisotopic (exact) mass is 406 g/mol. The van der Waals surface area contributed by atoms with E-state index in [0.717, 1.165) is 22.7 Å². The Morgan fingerprint density at radius 3 is 2.52 bits per heavy atom. The van der Waals surface area contributed by atoms with Crippen LogP contribution in [-0.2, 0) is 0 Å². The van der Waals surface area contributed by atoms with Gasteiger partial charge in [-0.25, -0.2) is 14.4 Å². The Kier molecular flexibility index (Phi) is 5.10. The molecule has 7 heteroatoms. The van der Waals surface area contributed by atoms with Gasteiger partial charge in [-0.2, -0.15) is 0 Å². The van der Waals surface area contributed by atoms with Crippen LogP contribution < -0.4 is 10.6 Å². The minimum Gasteiger partial charge on any atom is -0.340 e. The van der Waals surface area contributed by atoms with Gasteiger partial charge in [-0.15, -0.1) is 0 Å². The third kappa shape index (κ3) is 4.17. The van der Waals surface area contributed by atoms with Crippen molar-refractivity contribution in [2.75, 3.05) is 10.6 Å². The Morgan fingerprint density at radius 1 is 1.00 bits per heavy atom. The van der Waals surface area contributed by atoms with Crippen molar-refractivity contribution in [1.29, 1.82) is 0 Å². The SMILES string of the molecule is Cc1ccc(Nc2nc(C(=O)Nc3ccc(F)cc3Cl)nc3ccccc23)cc1. The number of anilines is 3. The number of halogens is 2. The predicted octanol–water partition coefficient (Wildman–Crippen LogP) is 5.73. The van der Waals surface area contributed by atoms with Gasteiger partial charge in [0.15, 0.2) is 0 Å². The molecule has 0 fully saturated rings. The standard InChI is InChI=1S/C22H16ClFN4O/c1-13-6-9-15(10-7-13)25-20-16-4-2-3-5-18(16)26-21(28-20)22(29)27-19-11-8-14(24)12-17(19)23/h2-12H,1H3,(H,27,29)(H,25,26,28). The normalized spacial score (nSPS) is 10.7. The van der Waals surface area contributed by atoms with Crippen molar-refractivity contribution in [3.05, 3.63) is 89.0 Å². The van der Waals surface area contributed by atoms with E-state index in [0.29, 0.717) is 11.3 Å². The average Bonchev–Trinajstić information content (AvgIpc) is 2.71. The van der Waals surface area contributed by atoms with Gasteiger partial charge >= 0.3 is 0 Å². The van der Waals surface area contributed by atoms with Gasteiger partial charge in [-0.1, -0.05) is 41.4 Å². The number of benzene rings is 3. The first kappa shape index (κ1) is 18.8. The Hall–Kier alpha value is -3.51. The minimum absolute atomic E-state index is 0.0290. The fourth-order valence-electron chi connectivity index (χ4n) is 2.82. The van der Waals surface area contributed by atoms with Crippen molar-refractivity contribution < 1.29 is 9.18 Å². The summed E-state index contributed by atoms with van der Waals surface area (Å²) < 4.78 is 13.2. The molecular weight excluding hydrogens is 391 g/mol. The summed E-state index contributed by atoms with van der Waals surface area (Å²) in [4.78, 5) is 21.5. The second-order valence-corrected chi connectivity index (χ2v) is 6.89. The van der Waals surface area contributed by atoms with Gasteiger partial charge in [0.2, 0.25) is 5.82 Å². The van der Waals surface area contributed by atoms with Crippen molar-refractivity contribution in [2.45, 2.75) is 6.92 Å². The summed E-state index contributed by atoms with van der Waals surface area (Å²) >= 11 is 6.00. The number of carbonyl (C=O) groups is 1. The van der Waals surface area contributed by atoms with Gasteiger partial charge in [0.05, 0.1) is 16.2 Å². The number of nitrogens with zero attached hydrogens (tertiary/aromatic N) is 2. The molecule has 144 valence electrons. The summed E-state index contributed by atoms with van der Waals surface area (Å²) in [7, 11) is 0. The van der Waals surface area contributed by atoms with Crippen molar-refractivity contribution >= 4 is 45.6 Å². The van der Waals surface area contributed by atoms with Crippen LogP contribution in [0.2, 0.25) is 5.02 Å². The fraction of sp³-hybridized carbons (Fsp3) is 0.0455. The van der Waals surface area contributed by atoms with E-state index < -0.39 is 11.7 Å². The summed E-state index contributed by atoms with van der Waals surface area (Å²) in [6.07, 6.45) is 0. The molecule has 4 rings (SSSR count). The molecule has 0 radical (unpaired) electrons. The summed E-state index contributed by atoms with van der Waals surface area (Å²) in [6.45, 7) is 2.01. The third-order valence-electron chi connectivity index (χ3n) is 4.30. The molecule has 29 heavy (non-hydrogen) atoms. The molecule has 0 atom stereocenters. The molecule has 0 unspecified atom stereocenters. The van der Waals surface area contributed by atoms with Gasteiger partial charge in [0.1, 0.15) is 11.6 Å². The van der Waals surface area contributed by atoms with E-state index in [2.05, 4.69) is 20.6 Å². The molecule has 0 bridgehead atoms. The lowest BCUT2D eigenvalue weighted by Gasteiger charge is -2.12. The van der Waals surface area contributed by atoms with Crippen LogP contribution in [0.25, 0.3) is 10.9 Å². The number of hydrogen-bond donors (Lipinski definition) is 2. The molecule has 4 aromatic rings. The topological polar surface area (TPSA) is 66.9 Å². The summed E-state index contributed by atoms with van der Waals surface area (Å²) in [6, 6.07) is 19.0. The smallest absolute Gasteiger partial charge is 0.293 e. The van der Waals surface area contributed by atoms with Crippen molar-refractivity contribution in [3.63, 3.8) is 0 Å². The highest BCUT2D eigenvalue weighted by molar-refractivity contribution is 6.33. The summed E-state index contributed by atoms with van der Waals surface area (Å²) in [5, 5.41) is 6.75. The molecule has 0 aliphatic rings. The van der Waals surface area contributed by atoms with Crippen molar-refractivity contribution in [3.8, 4) is 0 Å². The van der Waals surface area contributed by atoms with E-state index in [-0.39, 0.29) is 16.5 Å². The highest BCUT2D eigenvalue weighted by Gasteiger charge is 2.16. The fourth-order valence-corrected chi connectivity index (χ4v) is 3.03. The second kappa shape index (κ2) is 7.85. The van der Waals surface area contributed by atoms with Crippen LogP contribution >= 0.6 is 11.6 Å². The Labute approximate surface area is 171 Å². The first-order chi connectivity index (χ1) is 14.0. The van der Waals surface area contributed by atoms with Gasteiger partial charge in [0, 0.05) is 11.1 Å². The third-order valence-corrected chi connectivity index (χ3v) is 4.61. The Bertz CT molecular complexity index is 1210. The van der Waals surface area contributed by atoms with E-state index in [4.69, 9.17) is 11.6 Å². The van der Waals surface area contributed by atoms with Gasteiger partial charge < -0.3 is 10.6 Å². The molecule has 0 saturated carbocycles.